The quantitative estimate of drug-likeness (QED) is 0.807. The molecule has 2 aromatic rings. The maximum Gasteiger partial charge on any atom is 0.322 e. The molecular weight excluding hydrogens is 206 g/mol. The van der Waals surface area contributed by atoms with E-state index in [4.69, 9.17) is 10.8 Å². The lowest BCUT2D eigenvalue weighted by Crippen LogP contribution is -2.38. The lowest BCUT2D eigenvalue weighted by molar-refractivity contribution is -0.139. The van der Waals surface area contributed by atoms with Gasteiger partial charge in [-0.15, -0.1) is 0 Å². The van der Waals surface area contributed by atoms with E-state index in [1.54, 1.807) is 17.8 Å². The summed E-state index contributed by atoms with van der Waals surface area (Å²) in [6, 6.07) is 6.29. The van der Waals surface area contributed by atoms with E-state index in [0.29, 0.717) is 0 Å². The molecule has 1 aromatic carbocycles. The number of hydrogen-bond donors (Lipinski definition) is 2. The standard InChI is InChI=1S/C11H13N3O2/c1-7(10(12)11(15)16)14-9-5-3-2-4-8(9)6-13-14/h2-7,10H,12H2,1H3,(H,15,16)/t7?,10-/m0/s1. The minimum atomic E-state index is -1.02. The number of fused-ring (bicyclic) bond motifs is 1. The molecule has 0 fully saturated rings. The van der Waals surface area contributed by atoms with Crippen molar-refractivity contribution in [2.24, 2.45) is 5.73 Å². The molecule has 1 unspecified atom stereocenters. The van der Waals surface area contributed by atoms with Crippen molar-refractivity contribution in [3.8, 4) is 0 Å². The van der Waals surface area contributed by atoms with Gasteiger partial charge in [0.25, 0.3) is 0 Å². The number of nitrogens with zero attached hydrogens (tertiary/aromatic N) is 2. The van der Waals surface area contributed by atoms with E-state index in [0.717, 1.165) is 10.9 Å². The van der Waals surface area contributed by atoms with Crippen LogP contribution in [0.5, 0.6) is 0 Å². The van der Waals surface area contributed by atoms with Crippen molar-refractivity contribution in [2.75, 3.05) is 0 Å². The average molecular weight is 219 g/mol. The van der Waals surface area contributed by atoms with E-state index in [-0.39, 0.29) is 6.04 Å². The molecule has 0 aliphatic rings. The molecule has 1 heterocycles. The summed E-state index contributed by atoms with van der Waals surface area (Å²) >= 11 is 0. The van der Waals surface area contributed by atoms with Crippen molar-refractivity contribution < 1.29 is 9.90 Å². The molecule has 2 atom stereocenters. The second-order valence-electron chi connectivity index (χ2n) is 3.75. The number of aliphatic carboxylic acids is 1. The number of rotatable bonds is 3. The third-order valence-electron chi connectivity index (χ3n) is 2.70. The van der Waals surface area contributed by atoms with Crippen LogP contribution in [0, 0.1) is 0 Å². The highest BCUT2D eigenvalue weighted by molar-refractivity contribution is 5.79. The Labute approximate surface area is 92.5 Å². The van der Waals surface area contributed by atoms with Gasteiger partial charge in [-0.1, -0.05) is 18.2 Å². The largest absolute Gasteiger partial charge is 0.480 e. The summed E-state index contributed by atoms with van der Waals surface area (Å²) in [5, 5.41) is 14.0. The third-order valence-corrected chi connectivity index (χ3v) is 2.70. The topological polar surface area (TPSA) is 81.1 Å². The molecule has 16 heavy (non-hydrogen) atoms. The molecule has 0 amide bonds. The Hall–Kier alpha value is -1.88. The predicted molar refractivity (Wildman–Crippen MR) is 60.1 cm³/mol. The number of carboxylic acids is 1. The number of benzene rings is 1. The summed E-state index contributed by atoms with van der Waals surface area (Å²) in [4.78, 5) is 10.8. The molecule has 0 aliphatic carbocycles. The van der Waals surface area contributed by atoms with Crippen molar-refractivity contribution in [1.29, 1.82) is 0 Å². The average Bonchev–Trinajstić information content (AvgIpc) is 2.70. The van der Waals surface area contributed by atoms with Gasteiger partial charge in [-0.3, -0.25) is 9.48 Å². The first-order valence-corrected chi connectivity index (χ1v) is 5.02. The van der Waals surface area contributed by atoms with Crippen LogP contribution in [0.25, 0.3) is 10.9 Å². The molecule has 0 saturated heterocycles. The maximum atomic E-state index is 10.8. The van der Waals surface area contributed by atoms with Crippen LogP contribution in [0.4, 0.5) is 0 Å². The van der Waals surface area contributed by atoms with Gasteiger partial charge in [-0.25, -0.2) is 0 Å². The Balaban J connectivity index is 2.44. The molecule has 0 radical (unpaired) electrons. The normalized spacial score (nSPS) is 14.9. The van der Waals surface area contributed by atoms with Crippen LogP contribution in [0.2, 0.25) is 0 Å². The summed E-state index contributed by atoms with van der Waals surface area (Å²) in [5.41, 5.74) is 6.48. The third kappa shape index (κ3) is 1.65. The molecule has 84 valence electrons. The van der Waals surface area contributed by atoms with Crippen molar-refractivity contribution in [3.63, 3.8) is 0 Å². The number of para-hydroxylation sites is 1. The summed E-state index contributed by atoms with van der Waals surface area (Å²) in [6.45, 7) is 1.75. The van der Waals surface area contributed by atoms with Crippen LogP contribution >= 0.6 is 0 Å². The number of nitrogens with two attached hydrogens (primary N) is 1. The molecule has 2 rings (SSSR count). The zero-order chi connectivity index (χ0) is 11.7. The van der Waals surface area contributed by atoms with Crippen LogP contribution < -0.4 is 5.73 Å². The van der Waals surface area contributed by atoms with Crippen LogP contribution in [0.3, 0.4) is 0 Å². The van der Waals surface area contributed by atoms with Gasteiger partial charge in [0.1, 0.15) is 6.04 Å². The summed E-state index contributed by atoms with van der Waals surface area (Å²) in [7, 11) is 0. The SMILES string of the molecule is CC([C@H](N)C(=O)O)n1ncc2ccccc21. The maximum absolute atomic E-state index is 10.8. The minimum absolute atomic E-state index is 0.377. The van der Waals surface area contributed by atoms with Crippen LogP contribution in [0.1, 0.15) is 13.0 Å². The fourth-order valence-electron chi connectivity index (χ4n) is 1.67. The van der Waals surface area contributed by atoms with E-state index in [2.05, 4.69) is 5.10 Å². The first kappa shape index (κ1) is 10.6. The predicted octanol–water partition coefficient (Wildman–Crippen LogP) is 1.01. The number of aromatic nitrogens is 2. The first-order valence-electron chi connectivity index (χ1n) is 5.02. The van der Waals surface area contributed by atoms with Gasteiger partial charge < -0.3 is 10.8 Å². The Morgan fingerprint density at radius 3 is 2.88 bits per heavy atom. The molecule has 0 bridgehead atoms. The molecule has 1 aromatic heterocycles. The fraction of sp³-hybridized carbons (Fsp3) is 0.273. The second kappa shape index (κ2) is 3.94. The number of hydrogen-bond acceptors (Lipinski definition) is 3. The summed E-state index contributed by atoms with van der Waals surface area (Å²) < 4.78 is 1.65. The van der Waals surface area contributed by atoms with Gasteiger partial charge >= 0.3 is 5.97 Å². The molecule has 0 saturated carbocycles. The molecule has 3 N–H and O–H groups in total. The molecule has 5 heteroatoms. The number of carbonyl (C=O) groups is 1. The van der Waals surface area contributed by atoms with Crippen molar-refractivity contribution >= 4 is 16.9 Å². The Morgan fingerprint density at radius 2 is 2.19 bits per heavy atom. The second-order valence-corrected chi connectivity index (χ2v) is 3.75. The van der Waals surface area contributed by atoms with Gasteiger partial charge in [0.2, 0.25) is 0 Å². The number of carboxylic acid groups (broad SMARTS) is 1. The zero-order valence-electron chi connectivity index (χ0n) is 8.87. The lowest BCUT2D eigenvalue weighted by atomic mass is 10.1. The monoisotopic (exact) mass is 219 g/mol. The van der Waals surface area contributed by atoms with Gasteiger partial charge in [-0.05, 0) is 13.0 Å². The van der Waals surface area contributed by atoms with E-state index >= 15 is 0 Å². The van der Waals surface area contributed by atoms with Crippen LogP contribution in [-0.2, 0) is 4.79 Å². The van der Waals surface area contributed by atoms with Gasteiger partial charge in [-0.2, -0.15) is 5.10 Å². The van der Waals surface area contributed by atoms with Gasteiger partial charge in [0, 0.05) is 5.39 Å². The van der Waals surface area contributed by atoms with E-state index in [9.17, 15) is 4.79 Å². The summed E-state index contributed by atoms with van der Waals surface area (Å²) in [5.74, 6) is -1.02. The Kier molecular flexibility index (Phi) is 2.62. The van der Waals surface area contributed by atoms with Crippen LogP contribution in [0.15, 0.2) is 30.5 Å². The molecular formula is C11H13N3O2. The molecule has 5 nitrogen and oxygen atoms in total. The first-order chi connectivity index (χ1) is 7.61. The van der Waals surface area contributed by atoms with Crippen molar-refractivity contribution in [1.82, 2.24) is 9.78 Å². The van der Waals surface area contributed by atoms with Crippen molar-refractivity contribution in [3.05, 3.63) is 30.5 Å². The molecule has 0 aliphatic heterocycles. The lowest BCUT2D eigenvalue weighted by Gasteiger charge is -2.17. The van der Waals surface area contributed by atoms with Gasteiger partial charge in [0.05, 0.1) is 17.8 Å². The highest BCUT2D eigenvalue weighted by Crippen LogP contribution is 2.18. The summed E-state index contributed by atoms with van der Waals surface area (Å²) in [6.07, 6.45) is 1.71. The highest BCUT2D eigenvalue weighted by Gasteiger charge is 2.23. The minimum Gasteiger partial charge on any atom is -0.480 e. The fourth-order valence-corrected chi connectivity index (χ4v) is 1.67. The smallest absolute Gasteiger partial charge is 0.322 e. The van der Waals surface area contributed by atoms with E-state index in [1.165, 1.54) is 0 Å². The van der Waals surface area contributed by atoms with Crippen molar-refractivity contribution in [2.45, 2.75) is 19.0 Å². The van der Waals surface area contributed by atoms with Gasteiger partial charge in [0.15, 0.2) is 0 Å². The Bertz CT molecular complexity index is 521. The zero-order valence-corrected chi connectivity index (χ0v) is 8.87. The highest BCUT2D eigenvalue weighted by atomic mass is 16.4. The Morgan fingerprint density at radius 1 is 1.50 bits per heavy atom. The van der Waals surface area contributed by atoms with E-state index in [1.807, 2.05) is 24.3 Å². The molecule has 0 spiro atoms. The van der Waals surface area contributed by atoms with E-state index < -0.39 is 12.0 Å². The van der Waals surface area contributed by atoms with Crippen LogP contribution in [-0.4, -0.2) is 26.9 Å².